The summed E-state index contributed by atoms with van der Waals surface area (Å²) in [7, 11) is 0. The van der Waals surface area contributed by atoms with Gasteiger partial charge in [0.2, 0.25) is 0 Å². The molecule has 3 heteroatoms. The van der Waals surface area contributed by atoms with E-state index in [4.69, 9.17) is 11.6 Å². The highest BCUT2D eigenvalue weighted by molar-refractivity contribution is 6.50. The molecule has 14 heavy (non-hydrogen) atoms. The van der Waals surface area contributed by atoms with Crippen LogP contribution in [0.4, 0.5) is 4.39 Å². The third kappa shape index (κ3) is 2.42. The third-order valence-electron chi connectivity index (χ3n) is 1.90. The van der Waals surface area contributed by atoms with Crippen molar-refractivity contribution in [3.63, 3.8) is 0 Å². The molecule has 0 amide bonds. The molecule has 1 rings (SSSR count). The summed E-state index contributed by atoms with van der Waals surface area (Å²) in [6.45, 7) is 1.84. The number of hydrogen-bond donors (Lipinski definition) is 0. The number of carbonyl (C=O) groups is 1. The van der Waals surface area contributed by atoms with E-state index in [2.05, 4.69) is 0 Å². The Hall–Kier alpha value is -1.15. The fourth-order valence-electron chi connectivity index (χ4n) is 1.07. The van der Waals surface area contributed by atoms with Crippen molar-refractivity contribution in [3.8, 4) is 0 Å². The quantitative estimate of drug-likeness (QED) is 0.555. The summed E-state index contributed by atoms with van der Waals surface area (Å²) in [5, 5.41) is 0.391. The van der Waals surface area contributed by atoms with Crippen LogP contribution in [-0.4, -0.2) is 6.29 Å². The molecule has 0 aliphatic carbocycles. The molecule has 0 unspecified atom stereocenters. The first-order valence-corrected chi connectivity index (χ1v) is 4.66. The van der Waals surface area contributed by atoms with E-state index in [1.807, 2.05) is 6.92 Å². The van der Waals surface area contributed by atoms with Gasteiger partial charge in [-0.2, -0.15) is 0 Å². The normalized spacial score (nSPS) is 12.2. The van der Waals surface area contributed by atoms with Gasteiger partial charge in [-0.25, -0.2) is 4.39 Å². The Labute approximate surface area is 87.2 Å². The minimum Gasteiger partial charge on any atom is -0.298 e. The van der Waals surface area contributed by atoms with Crippen molar-refractivity contribution in [1.29, 1.82) is 0 Å². The van der Waals surface area contributed by atoms with E-state index in [0.717, 1.165) is 6.29 Å². The number of allylic oxidation sites excluding steroid dienone is 1. The van der Waals surface area contributed by atoms with Crippen LogP contribution >= 0.6 is 11.6 Å². The molecule has 0 saturated carbocycles. The molecule has 0 spiro atoms. The van der Waals surface area contributed by atoms with Crippen molar-refractivity contribution in [1.82, 2.24) is 0 Å². The lowest BCUT2D eigenvalue weighted by Crippen LogP contribution is -1.87. The summed E-state index contributed by atoms with van der Waals surface area (Å²) in [6, 6.07) is 5.74. The molecule has 0 heterocycles. The Morgan fingerprint density at radius 3 is 2.43 bits per heavy atom. The summed E-state index contributed by atoms with van der Waals surface area (Å²) in [4.78, 5) is 10.6. The number of halogens is 2. The molecule has 0 N–H and O–H groups in total. The number of benzene rings is 1. The van der Waals surface area contributed by atoms with Gasteiger partial charge in [0.25, 0.3) is 0 Å². The lowest BCUT2D eigenvalue weighted by molar-refractivity contribution is -0.104. The number of carbonyl (C=O) groups excluding carboxylic acids is 1. The second kappa shape index (κ2) is 4.91. The Morgan fingerprint density at radius 2 is 2.00 bits per heavy atom. The van der Waals surface area contributed by atoms with Gasteiger partial charge in [-0.1, -0.05) is 30.7 Å². The van der Waals surface area contributed by atoms with Gasteiger partial charge in [-0.05, 0) is 24.1 Å². The lowest BCUT2D eigenvalue weighted by Gasteiger charge is -2.02. The van der Waals surface area contributed by atoms with E-state index in [1.54, 1.807) is 12.1 Å². The third-order valence-corrected chi connectivity index (χ3v) is 2.36. The van der Waals surface area contributed by atoms with Crippen LogP contribution in [-0.2, 0) is 4.79 Å². The monoisotopic (exact) mass is 212 g/mol. The number of hydrogen-bond acceptors (Lipinski definition) is 1. The molecule has 0 bridgehead atoms. The molecule has 0 aromatic heterocycles. The Bertz CT molecular complexity index is 354. The molecule has 0 fully saturated rings. The fourth-order valence-corrected chi connectivity index (χ4v) is 1.38. The first-order chi connectivity index (χ1) is 6.69. The molecule has 0 atom stereocenters. The zero-order valence-corrected chi connectivity index (χ0v) is 8.51. The highest BCUT2D eigenvalue weighted by Gasteiger charge is 2.04. The zero-order valence-electron chi connectivity index (χ0n) is 7.76. The van der Waals surface area contributed by atoms with Crippen molar-refractivity contribution >= 4 is 22.9 Å². The molecule has 1 aromatic rings. The maximum Gasteiger partial charge on any atom is 0.147 e. The van der Waals surface area contributed by atoms with Crippen LogP contribution < -0.4 is 0 Å². The van der Waals surface area contributed by atoms with E-state index in [1.165, 1.54) is 12.1 Å². The van der Waals surface area contributed by atoms with E-state index in [9.17, 15) is 9.18 Å². The van der Waals surface area contributed by atoms with Crippen LogP contribution in [0.25, 0.3) is 5.03 Å². The fraction of sp³-hybridized carbons (Fsp3) is 0.182. The molecule has 0 saturated heterocycles. The van der Waals surface area contributed by atoms with E-state index in [-0.39, 0.29) is 5.82 Å². The zero-order chi connectivity index (χ0) is 10.6. The summed E-state index contributed by atoms with van der Waals surface area (Å²) in [5.41, 5.74) is 1.19. The summed E-state index contributed by atoms with van der Waals surface area (Å²) >= 11 is 5.95. The van der Waals surface area contributed by atoms with Gasteiger partial charge >= 0.3 is 0 Å². The smallest absolute Gasteiger partial charge is 0.147 e. The van der Waals surface area contributed by atoms with Crippen LogP contribution in [0.5, 0.6) is 0 Å². The Balaban J connectivity index is 3.10. The van der Waals surface area contributed by atoms with Crippen LogP contribution in [0.3, 0.4) is 0 Å². The van der Waals surface area contributed by atoms with Gasteiger partial charge in [-0.3, -0.25) is 4.79 Å². The van der Waals surface area contributed by atoms with Crippen molar-refractivity contribution in [2.75, 3.05) is 0 Å². The predicted molar refractivity (Wildman–Crippen MR) is 55.5 cm³/mol. The second-order valence-corrected chi connectivity index (χ2v) is 3.20. The van der Waals surface area contributed by atoms with Gasteiger partial charge < -0.3 is 0 Å². The largest absolute Gasteiger partial charge is 0.298 e. The average Bonchev–Trinajstić information content (AvgIpc) is 2.20. The SMILES string of the molecule is CC/C(C=O)=C(\Cl)c1ccc(F)cc1. The Morgan fingerprint density at radius 1 is 1.43 bits per heavy atom. The molecule has 74 valence electrons. The van der Waals surface area contributed by atoms with Crippen LogP contribution in [0.1, 0.15) is 18.9 Å². The van der Waals surface area contributed by atoms with E-state index in [0.29, 0.717) is 22.6 Å². The Kier molecular flexibility index (Phi) is 3.84. The second-order valence-electron chi connectivity index (χ2n) is 2.82. The van der Waals surface area contributed by atoms with E-state index >= 15 is 0 Å². The van der Waals surface area contributed by atoms with Crippen LogP contribution in [0, 0.1) is 5.82 Å². The maximum absolute atomic E-state index is 12.6. The summed E-state index contributed by atoms with van der Waals surface area (Å²) < 4.78 is 12.6. The molecule has 1 aromatic carbocycles. The first-order valence-electron chi connectivity index (χ1n) is 4.28. The van der Waals surface area contributed by atoms with E-state index < -0.39 is 0 Å². The summed E-state index contributed by atoms with van der Waals surface area (Å²) in [6.07, 6.45) is 1.30. The molecule has 1 nitrogen and oxygen atoms in total. The van der Waals surface area contributed by atoms with Gasteiger partial charge in [0.15, 0.2) is 0 Å². The van der Waals surface area contributed by atoms with Crippen molar-refractivity contribution < 1.29 is 9.18 Å². The van der Waals surface area contributed by atoms with Gasteiger partial charge in [0.1, 0.15) is 12.1 Å². The molecule has 0 radical (unpaired) electrons. The highest BCUT2D eigenvalue weighted by Crippen LogP contribution is 2.23. The predicted octanol–water partition coefficient (Wildman–Crippen LogP) is 3.38. The maximum atomic E-state index is 12.6. The van der Waals surface area contributed by atoms with Crippen molar-refractivity contribution in [3.05, 3.63) is 41.2 Å². The minimum atomic E-state index is -0.317. The average molecular weight is 213 g/mol. The molecule has 0 aliphatic heterocycles. The molecular weight excluding hydrogens is 203 g/mol. The molecular formula is C11H10ClFO. The lowest BCUT2D eigenvalue weighted by atomic mass is 10.1. The number of aldehydes is 1. The van der Waals surface area contributed by atoms with Crippen LogP contribution in [0.2, 0.25) is 0 Å². The molecule has 0 aliphatic rings. The van der Waals surface area contributed by atoms with Crippen LogP contribution in [0.15, 0.2) is 29.8 Å². The summed E-state index contributed by atoms with van der Waals surface area (Å²) in [5.74, 6) is -0.317. The van der Waals surface area contributed by atoms with Gasteiger partial charge in [-0.15, -0.1) is 0 Å². The minimum absolute atomic E-state index is 0.317. The van der Waals surface area contributed by atoms with Gasteiger partial charge in [0.05, 0.1) is 5.03 Å². The standard InChI is InChI=1S/C11H10ClFO/c1-2-8(7-14)11(12)9-3-5-10(13)6-4-9/h3-7H,2H2,1H3/b11-8+. The van der Waals surface area contributed by atoms with Gasteiger partial charge in [0, 0.05) is 5.57 Å². The van der Waals surface area contributed by atoms with Crippen molar-refractivity contribution in [2.45, 2.75) is 13.3 Å². The topological polar surface area (TPSA) is 17.1 Å². The first kappa shape index (κ1) is 10.9. The number of rotatable bonds is 3. The van der Waals surface area contributed by atoms with Crippen molar-refractivity contribution in [2.24, 2.45) is 0 Å². The highest BCUT2D eigenvalue weighted by atomic mass is 35.5.